The van der Waals surface area contributed by atoms with Gasteiger partial charge in [-0.2, -0.15) is 0 Å². The fraction of sp³-hybridized carbons (Fsp3) is 0.625. The Labute approximate surface area is 104 Å². The van der Waals surface area contributed by atoms with Gasteiger partial charge >= 0.3 is 0 Å². The fourth-order valence-electron chi connectivity index (χ4n) is 3.97. The van der Waals surface area contributed by atoms with Crippen molar-refractivity contribution in [1.29, 1.82) is 0 Å². The summed E-state index contributed by atoms with van der Waals surface area (Å²) in [5.41, 5.74) is 0.792. The van der Waals surface area contributed by atoms with Crippen LogP contribution in [0.1, 0.15) is 40.0 Å². The first-order valence-electron chi connectivity index (χ1n) is 6.76. The molecule has 0 unspecified atom stereocenters. The minimum absolute atomic E-state index is 0.355. The minimum atomic E-state index is 0.355. The van der Waals surface area contributed by atoms with Gasteiger partial charge in [-0.1, -0.05) is 39.0 Å². The van der Waals surface area contributed by atoms with Crippen molar-refractivity contribution >= 4 is 0 Å². The molecule has 0 spiro atoms. The largest absolute Gasteiger partial charge is 0.490 e. The second-order valence-corrected chi connectivity index (χ2v) is 6.53. The van der Waals surface area contributed by atoms with Crippen molar-refractivity contribution in [2.75, 3.05) is 0 Å². The molecule has 2 bridgehead atoms. The number of para-hydroxylation sites is 1. The third kappa shape index (κ3) is 1.44. The van der Waals surface area contributed by atoms with Crippen LogP contribution in [0.2, 0.25) is 0 Å². The highest BCUT2D eigenvalue weighted by Crippen LogP contribution is 2.66. The maximum absolute atomic E-state index is 6.25. The van der Waals surface area contributed by atoms with Crippen LogP contribution in [-0.2, 0) is 0 Å². The van der Waals surface area contributed by atoms with Crippen molar-refractivity contribution in [3.63, 3.8) is 0 Å². The smallest absolute Gasteiger partial charge is 0.119 e. The lowest BCUT2D eigenvalue weighted by molar-refractivity contribution is 0.0302. The molecule has 0 radical (unpaired) electrons. The van der Waals surface area contributed by atoms with E-state index in [1.165, 1.54) is 19.3 Å². The molecular formula is C16H22O. The monoisotopic (exact) mass is 230 g/mol. The number of fused-ring (bicyclic) bond motifs is 2. The number of hydrogen-bond acceptors (Lipinski definition) is 1. The van der Waals surface area contributed by atoms with Crippen molar-refractivity contribution in [2.45, 2.75) is 46.1 Å². The Morgan fingerprint density at radius 2 is 1.82 bits per heavy atom. The summed E-state index contributed by atoms with van der Waals surface area (Å²) < 4.78 is 6.25. The van der Waals surface area contributed by atoms with Crippen LogP contribution < -0.4 is 4.74 Å². The molecular weight excluding hydrogens is 208 g/mol. The molecule has 17 heavy (non-hydrogen) atoms. The van der Waals surface area contributed by atoms with Gasteiger partial charge in [0.05, 0.1) is 0 Å². The molecule has 0 aliphatic heterocycles. The van der Waals surface area contributed by atoms with Crippen molar-refractivity contribution < 1.29 is 4.74 Å². The average molecular weight is 230 g/mol. The zero-order valence-electron chi connectivity index (χ0n) is 11.1. The lowest BCUT2D eigenvalue weighted by Crippen LogP contribution is -2.38. The van der Waals surface area contributed by atoms with E-state index < -0.39 is 0 Å². The summed E-state index contributed by atoms with van der Waals surface area (Å²) >= 11 is 0. The summed E-state index contributed by atoms with van der Waals surface area (Å²) in [5.74, 6) is 1.88. The fourth-order valence-corrected chi connectivity index (χ4v) is 3.97. The highest BCUT2D eigenvalue weighted by molar-refractivity contribution is 5.23. The standard InChI is InChI=1S/C16H22O/c1-15(2)12-9-10-16(15,3)14(11-12)17-13-7-5-4-6-8-13/h4-8,12,14H,9-11H2,1-3H3/t12-,14-,16+/m1/s1. The molecule has 1 nitrogen and oxygen atoms in total. The topological polar surface area (TPSA) is 9.23 Å². The normalized spacial score (nSPS) is 38.3. The van der Waals surface area contributed by atoms with E-state index in [0.29, 0.717) is 16.9 Å². The Bertz CT molecular complexity index is 409. The first-order valence-corrected chi connectivity index (χ1v) is 6.76. The van der Waals surface area contributed by atoms with Crippen LogP contribution in [0.25, 0.3) is 0 Å². The number of hydrogen-bond donors (Lipinski definition) is 0. The van der Waals surface area contributed by atoms with E-state index in [4.69, 9.17) is 4.74 Å². The third-order valence-corrected chi connectivity index (χ3v) is 5.74. The summed E-state index contributed by atoms with van der Waals surface area (Å²) in [4.78, 5) is 0. The van der Waals surface area contributed by atoms with Crippen LogP contribution in [0.4, 0.5) is 0 Å². The van der Waals surface area contributed by atoms with Crippen molar-refractivity contribution in [3.8, 4) is 5.75 Å². The molecule has 0 N–H and O–H groups in total. The Kier molecular flexibility index (Phi) is 2.30. The van der Waals surface area contributed by atoms with E-state index in [0.717, 1.165) is 11.7 Å². The van der Waals surface area contributed by atoms with E-state index in [-0.39, 0.29) is 0 Å². The predicted octanol–water partition coefficient (Wildman–Crippen LogP) is 4.28. The number of ether oxygens (including phenoxy) is 1. The molecule has 2 aliphatic carbocycles. The average Bonchev–Trinajstić information content (AvgIpc) is 2.63. The van der Waals surface area contributed by atoms with Gasteiger partial charge in [-0.05, 0) is 42.7 Å². The zero-order valence-corrected chi connectivity index (χ0v) is 11.1. The van der Waals surface area contributed by atoms with Gasteiger partial charge < -0.3 is 4.74 Å². The number of rotatable bonds is 2. The lowest BCUT2D eigenvalue weighted by Gasteiger charge is -2.38. The quantitative estimate of drug-likeness (QED) is 0.737. The summed E-state index contributed by atoms with van der Waals surface area (Å²) in [7, 11) is 0. The molecule has 1 heteroatoms. The van der Waals surface area contributed by atoms with Gasteiger partial charge in [0.25, 0.3) is 0 Å². The van der Waals surface area contributed by atoms with Crippen LogP contribution >= 0.6 is 0 Å². The molecule has 92 valence electrons. The van der Waals surface area contributed by atoms with E-state index >= 15 is 0 Å². The van der Waals surface area contributed by atoms with Gasteiger partial charge in [-0.25, -0.2) is 0 Å². The van der Waals surface area contributed by atoms with Crippen LogP contribution in [0.15, 0.2) is 30.3 Å². The summed E-state index contributed by atoms with van der Waals surface area (Å²) in [6.07, 6.45) is 4.34. The lowest BCUT2D eigenvalue weighted by atomic mass is 9.70. The summed E-state index contributed by atoms with van der Waals surface area (Å²) in [6, 6.07) is 10.3. The molecule has 3 atom stereocenters. The van der Waals surface area contributed by atoms with E-state index in [1.807, 2.05) is 6.07 Å². The maximum Gasteiger partial charge on any atom is 0.119 e. The molecule has 0 heterocycles. The molecule has 0 amide bonds. The van der Waals surface area contributed by atoms with Gasteiger partial charge in [0.1, 0.15) is 11.9 Å². The summed E-state index contributed by atoms with van der Waals surface area (Å²) in [5, 5.41) is 0. The second-order valence-electron chi connectivity index (χ2n) is 6.53. The Hall–Kier alpha value is -0.980. The Morgan fingerprint density at radius 1 is 1.12 bits per heavy atom. The highest BCUT2D eigenvalue weighted by atomic mass is 16.5. The first kappa shape index (κ1) is 11.1. The molecule has 0 aromatic heterocycles. The molecule has 1 aromatic carbocycles. The van der Waals surface area contributed by atoms with Gasteiger partial charge in [0, 0.05) is 5.41 Å². The van der Waals surface area contributed by atoms with Gasteiger partial charge in [0.15, 0.2) is 0 Å². The third-order valence-electron chi connectivity index (χ3n) is 5.74. The van der Waals surface area contributed by atoms with E-state index in [9.17, 15) is 0 Å². The van der Waals surface area contributed by atoms with Crippen molar-refractivity contribution in [3.05, 3.63) is 30.3 Å². The first-order chi connectivity index (χ1) is 8.04. The summed E-state index contributed by atoms with van der Waals surface area (Å²) in [6.45, 7) is 7.28. The van der Waals surface area contributed by atoms with Gasteiger partial charge in [-0.3, -0.25) is 0 Å². The van der Waals surface area contributed by atoms with Crippen LogP contribution in [-0.4, -0.2) is 6.10 Å². The van der Waals surface area contributed by atoms with Gasteiger partial charge in [0.2, 0.25) is 0 Å². The van der Waals surface area contributed by atoms with Crippen molar-refractivity contribution in [1.82, 2.24) is 0 Å². The minimum Gasteiger partial charge on any atom is -0.490 e. The van der Waals surface area contributed by atoms with Crippen LogP contribution in [0.3, 0.4) is 0 Å². The molecule has 2 aliphatic rings. The van der Waals surface area contributed by atoms with E-state index in [1.54, 1.807) is 0 Å². The van der Waals surface area contributed by atoms with Crippen LogP contribution in [0.5, 0.6) is 5.75 Å². The predicted molar refractivity (Wildman–Crippen MR) is 70.1 cm³/mol. The SMILES string of the molecule is CC1(C)[C@@H]2CC[C@@]1(C)[C@H](Oc1ccccc1)C2. The van der Waals surface area contributed by atoms with E-state index in [2.05, 4.69) is 45.0 Å². The second kappa shape index (κ2) is 3.51. The van der Waals surface area contributed by atoms with Crippen LogP contribution in [0, 0.1) is 16.7 Å². The zero-order chi connectivity index (χ0) is 12.1. The van der Waals surface area contributed by atoms with Crippen molar-refractivity contribution in [2.24, 2.45) is 16.7 Å². The maximum atomic E-state index is 6.25. The molecule has 1 aromatic rings. The molecule has 2 fully saturated rings. The molecule has 0 saturated heterocycles. The molecule has 3 rings (SSSR count). The molecule has 2 saturated carbocycles. The highest BCUT2D eigenvalue weighted by Gasteiger charge is 2.62. The Morgan fingerprint density at radius 3 is 2.35 bits per heavy atom. The van der Waals surface area contributed by atoms with Gasteiger partial charge in [-0.15, -0.1) is 0 Å². The Balaban J connectivity index is 1.83. The number of benzene rings is 1.